The van der Waals surface area contributed by atoms with Crippen LogP contribution in [0.3, 0.4) is 0 Å². The number of carbonyl (C=O) groups is 1. The monoisotopic (exact) mass is 313 g/mol. The van der Waals surface area contributed by atoms with Gasteiger partial charge in [-0.2, -0.15) is 0 Å². The van der Waals surface area contributed by atoms with Gasteiger partial charge in [-0.3, -0.25) is 4.79 Å². The van der Waals surface area contributed by atoms with E-state index in [0.717, 1.165) is 16.7 Å². The van der Waals surface area contributed by atoms with Crippen LogP contribution in [0.2, 0.25) is 0 Å². The van der Waals surface area contributed by atoms with Crippen molar-refractivity contribution in [1.29, 1.82) is 0 Å². The average molecular weight is 313 g/mol. The van der Waals surface area contributed by atoms with E-state index in [1.54, 1.807) is 18.2 Å². The number of Topliss-reactive ketones (excluding diaryl/α,β-unsaturated/α-hetero) is 1. The van der Waals surface area contributed by atoms with Gasteiger partial charge in [-0.1, -0.05) is 35.9 Å². The second-order valence-electron chi connectivity index (χ2n) is 5.77. The number of phenolic OH excluding ortho intramolecular Hbond substituents is 1. The molecule has 0 spiro atoms. The normalized spacial score (nSPS) is 12.1. The Balaban J connectivity index is 1.82. The lowest BCUT2D eigenvalue weighted by Crippen LogP contribution is -2.24. The lowest BCUT2D eigenvalue weighted by atomic mass is 10.0. The molecule has 1 unspecified atom stereocenters. The molecule has 0 aromatic heterocycles. The fraction of sp³-hybridized carbons (Fsp3) is 0.316. The Hall–Kier alpha value is -2.17. The Kier molecular flexibility index (Phi) is 5.90. The molecule has 1 atom stereocenters. The van der Waals surface area contributed by atoms with Gasteiger partial charge in [0.25, 0.3) is 0 Å². The fourth-order valence-corrected chi connectivity index (χ4v) is 2.51. The molecule has 3 N–H and O–H groups in total. The molecule has 0 saturated heterocycles. The van der Waals surface area contributed by atoms with Gasteiger partial charge in [-0.05, 0) is 37.1 Å². The minimum atomic E-state index is -0.602. The molecule has 4 nitrogen and oxygen atoms in total. The third kappa shape index (κ3) is 4.65. The van der Waals surface area contributed by atoms with Gasteiger partial charge >= 0.3 is 0 Å². The molecule has 0 heterocycles. The number of aliphatic hydroxyl groups excluding tert-OH is 1. The number of para-hydroxylation sites is 1. The molecule has 2 aromatic rings. The van der Waals surface area contributed by atoms with Crippen LogP contribution in [0, 0.1) is 13.8 Å². The minimum Gasteiger partial charge on any atom is -0.507 e. The highest BCUT2D eigenvalue weighted by Crippen LogP contribution is 2.19. The molecule has 0 aliphatic rings. The molecular weight excluding hydrogens is 290 g/mol. The van der Waals surface area contributed by atoms with Crippen molar-refractivity contribution in [3.05, 3.63) is 64.7 Å². The molecular formula is C19H23NO3. The number of aryl methyl sites for hydroxylation is 2. The summed E-state index contributed by atoms with van der Waals surface area (Å²) < 4.78 is 0. The van der Waals surface area contributed by atoms with Crippen molar-refractivity contribution >= 4 is 5.78 Å². The zero-order valence-electron chi connectivity index (χ0n) is 13.5. The van der Waals surface area contributed by atoms with E-state index in [-0.39, 0.29) is 18.0 Å². The summed E-state index contributed by atoms with van der Waals surface area (Å²) in [6.07, 6.45) is -0.327. The highest BCUT2D eigenvalue weighted by molar-refractivity contribution is 5.98. The summed E-state index contributed by atoms with van der Waals surface area (Å²) in [6, 6.07) is 12.5. The second-order valence-corrected chi connectivity index (χ2v) is 5.77. The molecule has 2 aromatic carbocycles. The lowest BCUT2D eigenvalue weighted by Gasteiger charge is -2.15. The number of aromatic hydroxyl groups is 1. The molecule has 0 radical (unpaired) electrons. The number of nitrogens with one attached hydrogen (secondary N) is 1. The SMILES string of the molecule is Cc1ccc(C)c(C(O)CNCCC(=O)c2ccccc2O)c1. The third-order valence-electron chi connectivity index (χ3n) is 3.86. The van der Waals surface area contributed by atoms with Crippen LogP contribution >= 0.6 is 0 Å². The van der Waals surface area contributed by atoms with Crippen LogP contribution in [0.4, 0.5) is 0 Å². The van der Waals surface area contributed by atoms with Gasteiger partial charge in [0.15, 0.2) is 5.78 Å². The van der Waals surface area contributed by atoms with Gasteiger partial charge in [0.05, 0.1) is 11.7 Å². The molecule has 0 aliphatic heterocycles. The molecule has 0 saturated carbocycles. The quantitative estimate of drug-likeness (QED) is 0.543. The number of ketones is 1. The molecule has 0 amide bonds. The molecule has 2 rings (SSSR count). The van der Waals surface area contributed by atoms with Gasteiger partial charge in [-0.15, -0.1) is 0 Å². The smallest absolute Gasteiger partial charge is 0.167 e. The second kappa shape index (κ2) is 7.90. The summed E-state index contributed by atoms with van der Waals surface area (Å²) in [5.41, 5.74) is 3.41. The number of aliphatic hydroxyl groups is 1. The summed E-state index contributed by atoms with van der Waals surface area (Å²) in [5.74, 6) is -0.107. The third-order valence-corrected chi connectivity index (χ3v) is 3.86. The first-order valence-electron chi connectivity index (χ1n) is 7.76. The predicted octanol–water partition coefficient (Wildman–Crippen LogP) is 2.91. The van der Waals surface area contributed by atoms with E-state index in [2.05, 4.69) is 5.32 Å². The van der Waals surface area contributed by atoms with Crippen molar-refractivity contribution in [2.24, 2.45) is 0 Å². The molecule has 0 aliphatic carbocycles. The van der Waals surface area contributed by atoms with Crippen LogP contribution in [-0.4, -0.2) is 29.1 Å². The lowest BCUT2D eigenvalue weighted by molar-refractivity contribution is 0.0977. The van der Waals surface area contributed by atoms with Crippen molar-refractivity contribution in [1.82, 2.24) is 5.32 Å². The fourth-order valence-electron chi connectivity index (χ4n) is 2.51. The van der Waals surface area contributed by atoms with E-state index in [4.69, 9.17) is 0 Å². The Morgan fingerprint density at radius 2 is 1.91 bits per heavy atom. The molecule has 4 heteroatoms. The van der Waals surface area contributed by atoms with E-state index in [0.29, 0.717) is 18.7 Å². The predicted molar refractivity (Wildman–Crippen MR) is 90.8 cm³/mol. The summed E-state index contributed by atoms with van der Waals surface area (Å²) >= 11 is 0. The first-order chi connectivity index (χ1) is 11.0. The topological polar surface area (TPSA) is 69.6 Å². The molecule has 23 heavy (non-hydrogen) atoms. The van der Waals surface area contributed by atoms with E-state index >= 15 is 0 Å². The van der Waals surface area contributed by atoms with Crippen molar-refractivity contribution in [3.63, 3.8) is 0 Å². The molecule has 0 fully saturated rings. The summed E-state index contributed by atoms with van der Waals surface area (Å²) in [7, 11) is 0. The summed E-state index contributed by atoms with van der Waals surface area (Å²) in [5, 5.41) is 23.0. The minimum absolute atomic E-state index is 0.00733. The van der Waals surface area contributed by atoms with Gasteiger partial charge in [0.2, 0.25) is 0 Å². The Bertz CT molecular complexity index is 682. The number of hydrogen-bond donors (Lipinski definition) is 3. The van der Waals surface area contributed by atoms with Crippen LogP contribution in [0.1, 0.15) is 39.6 Å². The standard InChI is InChI=1S/C19H23NO3/c1-13-7-8-14(2)16(11-13)19(23)12-20-10-9-18(22)15-5-3-4-6-17(15)21/h3-8,11,19-21,23H,9-10,12H2,1-2H3. The maximum absolute atomic E-state index is 12.0. The van der Waals surface area contributed by atoms with E-state index in [1.807, 2.05) is 32.0 Å². The Morgan fingerprint density at radius 3 is 2.65 bits per heavy atom. The van der Waals surface area contributed by atoms with E-state index in [9.17, 15) is 15.0 Å². The summed E-state index contributed by atoms with van der Waals surface area (Å²) in [4.78, 5) is 12.0. The zero-order chi connectivity index (χ0) is 16.8. The highest BCUT2D eigenvalue weighted by Gasteiger charge is 2.12. The van der Waals surface area contributed by atoms with E-state index in [1.165, 1.54) is 6.07 Å². The zero-order valence-corrected chi connectivity index (χ0v) is 13.5. The number of phenols is 1. The first-order valence-corrected chi connectivity index (χ1v) is 7.76. The number of benzene rings is 2. The summed E-state index contributed by atoms with van der Waals surface area (Å²) in [6.45, 7) is 4.81. The first kappa shape index (κ1) is 17.2. The van der Waals surface area contributed by atoms with Crippen LogP contribution in [0.15, 0.2) is 42.5 Å². The average Bonchev–Trinajstić information content (AvgIpc) is 2.53. The van der Waals surface area contributed by atoms with Crippen molar-refractivity contribution in [2.45, 2.75) is 26.4 Å². The van der Waals surface area contributed by atoms with Crippen LogP contribution in [0.25, 0.3) is 0 Å². The highest BCUT2D eigenvalue weighted by atomic mass is 16.3. The van der Waals surface area contributed by atoms with Crippen molar-refractivity contribution in [3.8, 4) is 5.75 Å². The van der Waals surface area contributed by atoms with Crippen molar-refractivity contribution in [2.75, 3.05) is 13.1 Å². The Morgan fingerprint density at radius 1 is 1.17 bits per heavy atom. The molecule has 0 bridgehead atoms. The number of carbonyl (C=O) groups excluding carboxylic acids is 1. The maximum Gasteiger partial charge on any atom is 0.167 e. The van der Waals surface area contributed by atoms with Crippen LogP contribution in [0.5, 0.6) is 5.75 Å². The van der Waals surface area contributed by atoms with Gasteiger partial charge in [0, 0.05) is 19.5 Å². The van der Waals surface area contributed by atoms with E-state index < -0.39 is 6.10 Å². The largest absolute Gasteiger partial charge is 0.507 e. The number of rotatable bonds is 7. The van der Waals surface area contributed by atoms with Gasteiger partial charge < -0.3 is 15.5 Å². The van der Waals surface area contributed by atoms with Crippen LogP contribution < -0.4 is 5.32 Å². The Labute approximate surface area is 136 Å². The van der Waals surface area contributed by atoms with Crippen LogP contribution in [-0.2, 0) is 0 Å². The number of hydrogen-bond acceptors (Lipinski definition) is 4. The van der Waals surface area contributed by atoms with Gasteiger partial charge in [0.1, 0.15) is 5.75 Å². The van der Waals surface area contributed by atoms with Gasteiger partial charge in [-0.25, -0.2) is 0 Å². The van der Waals surface area contributed by atoms with Crippen molar-refractivity contribution < 1.29 is 15.0 Å². The maximum atomic E-state index is 12.0. The molecule has 122 valence electrons.